The number of nitrogens with one attached hydrogen (secondary N) is 1. The molecule has 1 heterocycles. The van der Waals surface area contributed by atoms with Gasteiger partial charge in [0.05, 0.1) is 13.2 Å². The topological polar surface area (TPSA) is 48.3 Å². The number of ether oxygens (including phenoxy) is 2. The van der Waals surface area contributed by atoms with E-state index >= 15 is 0 Å². The molecule has 0 radical (unpaired) electrons. The Morgan fingerprint density at radius 1 is 1.19 bits per heavy atom. The average molecular weight is 363 g/mol. The largest absolute Gasteiger partial charge is 0.493 e. The summed E-state index contributed by atoms with van der Waals surface area (Å²) in [7, 11) is 3.66. The number of aryl methyl sites for hydroxylation is 1. The molecule has 2 aromatic carbocycles. The highest BCUT2D eigenvalue weighted by molar-refractivity contribution is 5.43. The molecule has 0 aliphatic rings. The van der Waals surface area contributed by atoms with Crippen LogP contribution in [0.1, 0.15) is 23.0 Å². The molecule has 1 N–H and O–H groups in total. The molecule has 0 spiro atoms. The average Bonchev–Trinajstić information content (AvgIpc) is 3.13. The summed E-state index contributed by atoms with van der Waals surface area (Å²) in [5.41, 5.74) is 2.28. The summed E-state index contributed by atoms with van der Waals surface area (Å²) in [4.78, 5) is 4.53. The molecule has 0 unspecified atom stereocenters. The van der Waals surface area contributed by atoms with Gasteiger partial charge in [0.1, 0.15) is 12.4 Å². The first-order valence-corrected chi connectivity index (χ1v) is 8.89. The van der Waals surface area contributed by atoms with E-state index in [2.05, 4.69) is 29.0 Å². The van der Waals surface area contributed by atoms with Gasteiger partial charge < -0.3 is 14.0 Å². The van der Waals surface area contributed by atoms with E-state index in [0.717, 1.165) is 11.4 Å². The van der Waals surface area contributed by atoms with Gasteiger partial charge in [0.2, 0.25) is 0 Å². The van der Waals surface area contributed by atoms with Crippen molar-refractivity contribution < 1.29 is 9.47 Å². The lowest BCUT2D eigenvalue weighted by Gasteiger charge is -2.20. The molecule has 0 amide bonds. The Hall–Kier alpha value is -3.05. The number of hydrogen-bond acceptors (Lipinski definition) is 4. The van der Waals surface area contributed by atoms with Gasteiger partial charge in [0.25, 0.3) is 0 Å². The third kappa shape index (κ3) is 4.57. The number of nitrogens with zero attached hydrogens (tertiary/aromatic N) is 2. The summed E-state index contributed by atoms with van der Waals surface area (Å²) in [6.45, 7) is 4.79. The maximum atomic E-state index is 5.62. The van der Waals surface area contributed by atoms with Crippen molar-refractivity contribution in [3.05, 3.63) is 90.5 Å². The lowest BCUT2D eigenvalue weighted by Crippen LogP contribution is -2.24. The zero-order valence-electron chi connectivity index (χ0n) is 15.8. The van der Waals surface area contributed by atoms with Crippen molar-refractivity contribution in [1.29, 1.82) is 0 Å². The van der Waals surface area contributed by atoms with Crippen molar-refractivity contribution >= 4 is 0 Å². The zero-order valence-corrected chi connectivity index (χ0v) is 15.8. The Kier molecular flexibility index (Phi) is 6.28. The number of rotatable bonds is 9. The number of methoxy groups -OCH3 is 1. The Labute approximate surface area is 160 Å². The first kappa shape index (κ1) is 18.7. The van der Waals surface area contributed by atoms with Crippen molar-refractivity contribution in [2.45, 2.75) is 12.6 Å². The molecule has 140 valence electrons. The van der Waals surface area contributed by atoms with Gasteiger partial charge >= 0.3 is 0 Å². The quantitative estimate of drug-likeness (QED) is 0.586. The van der Waals surface area contributed by atoms with Crippen LogP contribution in [-0.4, -0.2) is 23.3 Å². The van der Waals surface area contributed by atoms with Crippen molar-refractivity contribution in [3.8, 4) is 11.5 Å². The fourth-order valence-electron chi connectivity index (χ4n) is 2.97. The van der Waals surface area contributed by atoms with Crippen LogP contribution >= 0.6 is 0 Å². The van der Waals surface area contributed by atoms with Crippen molar-refractivity contribution in [2.75, 3.05) is 13.7 Å². The van der Waals surface area contributed by atoms with Gasteiger partial charge in [-0.05, 0) is 23.3 Å². The first-order chi connectivity index (χ1) is 13.2. The van der Waals surface area contributed by atoms with E-state index in [-0.39, 0.29) is 6.04 Å². The van der Waals surface area contributed by atoms with Crippen LogP contribution in [0.3, 0.4) is 0 Å². The predicted octanol–water partition coefficient (Wildman–Crippen LogP) is 3.87. The van der Waals surface area contributed by atoms with Crippen LogP contribution in [0.5, 0.6) is 11.5 Å². The van der Waals surface area contributed by atoms with E-state index in [1.54, 1.807) is 13.2 Å². The molecule has 3 aromatic rings. The van der Waals surface area contributed by atoms with Gasteiger partial charge in [-0.1, -0.05) is 49.1 Å². The second-order valence-corrected chi connectivity index (χ2v) is 6.21. The lowest BCUT2D eigenvalue weighted by atomic mass is 10.1. The maximum absolute atomic E-state index is 5.62. The minimum atomic E-state index is -0.00566. The van der Waals surface area contributed by atoms with Gasteiger partial charge in [-0.3, -0.25) is 5.32 Å². The zero-order chi connectivity index (χ0) is 19.1. The molecule has 0 saturated heterocycles. The molecule has 0 fully saturated rings. The summed E-state index contributed by atoms with van der Waals surface area (Å²) in [5, 5.41) is 3.61. The van der Waals surface area contributed by atoms with Crippen LogP contribution < -0.4 is 14.8 Å². The third-order valence-electron chi connectivity index (χ3n) is 4.34. The monoisotopic (exact) mass is 363 g/mol. The normalized spacial score (nSPS) is 11.8. The number of hydrogen-bond donors (Lipinski definition) is 1. The maximum Gasteiger partial charge on any atom is 0.161 e. The van der Waals surface area contributed by atoms with E-state index < -0.39 is 0 Å². The van der Waals surface area contributed by atoms with Crippen molar-refractivity contribution in [1.82, 2.24) is 14.9 Å². The predicted molar refractivity (Wildman–Crippen MR) is 107 cm³/mol. The van der Waals surface area contributed by atoms with Crippen molar-refractivity contribution in [2.24, 2.45) is 7.05 Å². The van der Waals surface area contributed by atoms with E-state index in [0.29, 0.717) is 24.7 Å². The fourth-order valence-corrected chi connectivity index (χ4v) is 2.97. The van der Waals surface area contributed by atoms with Crippen molar-refractivity contribution in [3.63, 3.8) is 0 Å². The fraction of sp³-hybridized carbons (Fsp3) is 0.227. The molecule has 0 bridgehead atoms. The first-order valence-electron chi connectivity index (χ1n) is 8.89. The highest BCUT2D eigenvalue weighted by Gasteiger charge is 2.18. The molecular formula is C22H25N3O2. The summed E-state index contributed by atoms with van der Waals surface area (Å²) in [6.07, 6.45) is 5.50. The molecule has 5 heteroatoms. The molecule has 1 aromatic heterocycles. The Morgan fingerprint density at radius 2 is 2.00 bits per heavy atom. The smallest absolute Gasteiger partial charge is 0.161 e. The summed E-state index contributed by atoms with van der Waals surface area (Å²) in [5.74, 6) is 2.40. The summed E-state index contributed by atoms with van der Waals surface area (Å²) >= 11 is 0. The second-order valence-electron chi connectivity index (χ2n) is 6.21. The number of aromatic nitrogens is 2. The van der Waals surface area contributed by atoms with E-state index in [1.165, 1.54) is 5.56 Å². The minimum absolute atomic E-state index is 0.00566. The Morgan fingerprint density at radius 3 is 2.67 bits per heavy atom. The minimum Gasteiger partial charge on any atom is -0.493 e. The van der Waals surface area contributed by atoms with Gasteiger partial charge in [0.15, 0.2) is 11.5 Å². The lowest BCUT2D eigenvalue weighted by molar-refractivity contribution is 0.326. The molecular weight excluding hydrogens is 338 g/mol. The van der Waals surface area contributed by atoms with Gasteiger partial charge in [-0.2, -0.15) is 0 Å². The van der Waals surface area contributed by atoms with Gasteiger partial charge in [-0.15, -0.1) is 0 Å². The molecule has 0 aliphatic carbocycles. The van der Waals surface area contributed by atoms with E-state index in [4.69, 9.17) is 9.47 Å². The standard InChI is InChI=1S/C22H25N3O2/c1-4-14-27-19-11-10-17(15-20(19)26-3)16-24-21(18-8-6-5-7-9-18)22-23-12-13-25(22)2/h4-13,15,21,24H,1,14,16H2,2-3H3/t21-/m0/s1. The molecule has 0 aliphatic heterocycles. The van der Waals surface area contributed by atoms with Crippen LogP contribution in [0.15, 0.2) is 73.6 Å². The number of imidazole rings is 1. The molecule has 5 nitrogen and oxygen atoms in total. The Bertz CT molecular complexity index is 874. The summed E-state index contributed by atoms with van der Waals surface area (Å²) < 4.78 is 13.1. The van der Waals surface area contributed by atoms with Gasteiger partial charge in [0, 0.05) is 26.0 Å². The van der Waals surface area contributed by atoms with E-state index in [9.17, 15) is 0 Å². The van der Waals surface area contributed by atoms with Crippen LogP contribution in [0.25, 0.3) is 0 Å². The van der Waals surface area contributed by atoms with Crippen LogP contribution in [0.2, 0.25) is 0 Å². The summed E-state index contributed by atoms with van der Waals surface area (Å²) in [6, 6.07) is 16.3. The van der Waals surface area contributed by atoms with E-state index in [1.807, 2.05) is 60.4 Å². The molecule has 0 saturated carbocycles. The third-order valence-corrected chi connectivity index (χ3v) is 4.34. The molecule has 27 heavy (non-hydrogen) atoms. The number of benzene rings is 2. The highest BCUT2D eigenvalue weighted by atomic mass is 16.5. The highest BCUT2D eigenvalue weighted by Crippen LogP contribution is 2.29. The van der Waals surface area contributed by atoms with Crippen LogP contribution in [-0.2, 0) is 13.6 Å². The molecule has 3 rings (SSSR count). The second kappa shape index (κ2) is 9.05. The molecule has 1 atom stereocenters. The Balaban J connectivity index is 1.79. The SMILES string of the molecule is C=CCOc1ccc(CN[C@@H](c2ccccc2)c2nccn2C)cc1OC. The van der Waals surface area contributed by atoms with Gasteiger partial charge in [-0.25, -0.2) is 4.98 Å². The van der Waals surface area contributed by atoms with Crippen LogP contribution in [0, 0.1) is 0 Å². The van der Waals surface area contributed by atoms with Crippen LogP contribution in [0.4, 0.5) is 0 Å².